The molecule has 0 radical (unpaired) electrons. The van der Waals surface area contributed by atoms with Gasteiger partial charge in [0.2, 0.25) is 0 Å². The first kappa shape index (κ1) is 15.0. The highest BCUT2D eigenvalue weighted by Gasteiger charge is 2.08. The fraction of sp³-hybridized carbons (Fsp3) is 0.625. The van der Waals surface area contributed by atoms with Gasteiger partial charge in [-0.2, -0.15) is 0 Å². The van der Waals surface area contributed by atoms with Crippen LogP contribution in [0.25, 0.3) is 0 Å². The molecule has 0 amide bonds. The molecule has 2 heteroatoms. The fourth-order valence-electron chi connectivity index (χ4n) is 2.08. The van der Waals surface area contributed by atoms with E-state index in [4.69, 9.17) is 0 Å². The Bertz CT molecular complexity index is 357. The first-order valence-corrected chi connectivity index (χ1v) is 6.82. The standard InChI is InChI=1S/C16H28N2/c1-13-10-14(2)12-15(11-13)18(6)9-7-8-17-16(3,4)5/h10-12,17H,7-9H2,1-6H3. The smallest absolute Gasteiger partial charge is 0.0368 e. The summed E-state index contributed by atoms with van der Waals surface area (Å²) in [7, 11) is 2.17. The van der Waals surface area contributed by atoms with Gasteiger partial charge in [-0.1, -0.05) is 6.07 Å². The molecular formula is C16H28N2. The largest absolute Gasteiger partial charge is 0.375 e. The Kier molecular flexibility index (Phi) is 5.21. The van der Waals surface area contributed by atoms with Crippen molar-refractivity contribution >= 4 is 5.69 Å². The molecule has 0 heterocycles. The third-order valence-corrected chi connectivity index (χ3v) is 2.97. The summed E-state index contributed by atoms with van der Waals surface area (Å²) < 4.78 is 0. The van der Waals surface area contributed by atoms with Crippen LogP contribution in [0.3, 0.4) is 0 Å². The van der Waals surface area contributed by atoms with E-state index in [0.29, 0.717) is 0 Å². The Morgan fingerprint density at radius 2 is 1.61 bits per heavy atom. The maximum Gasteiger partial charge on any atom is 0.0368 e. The quantitative estimate of drug-likeness (QED) is 0.802. The van der Waals surface area contributed by atoms with Crippen LogP contribution >= 0.6 is 0 Å². The summed E-state index contributed by atoms with van der Waals surface area (Å²) in [6, 6.07) is 6.73. The van der Waals surface area contributed by atoms with Gasteiger partial charge < -0.3 is 10.2 Å². The summed E-state index contributed by atoms with van der Waals surface area (Å²) in [4.78, 5) is 2.34. The lowest BCUT2D eigenvalue weighted by atomic mass is 10.1. The molecule has 1 aromatic carbocycles. The van der Waals surface area contributed by atoms with E-state index in [2.05, 4.69) is 70.1 Å². The van der Waals surface area contributed by atoms with E-state index in [-0.39, 0.29) is 5.54 Å². The van der Waals surface area contributed by atoms with Crippen molar-refractivity contribution in [3.63, 3.8) is 0 Å². The summed E-state index contributed by atoms with van der Waals surface area (Å²) in [5.41, 5.74) is 4.22. The average molecular weight is 248 g/mol. The molecule has 0 atom stereocenters. The normalized spacial score (nSPS) is 11.7. The molecule has 0 spiro atoms. The molecule has 1 aromatic rings. The van der Waals surface area contributed by atoms with Gasteiger partial charge in [0.1, 0.15) is 0 Å². The second-order valence-electron chi connectivity index (χ2n) is 6.30. The van der Waals surface area contributed by atoms with Crippen molar-refractivity contribution in [1.29, 1.82) is 0 Å². The van der Waals surface area contributed by atoms with Crippen LogP contribution in [-0.4, -0.2) is 25.7 Å². The number of nitrogens with zero attached hydrogens (tertiary/aromatic N) is 1. The zero-order chi connectivity index (χ0) is 13.8. The second-order valence-corrected chi connectivity index (χ2v) is 6.30. The minimum atomic E-state index is 0.221. The van der Waals surface area contributed by atoms with E-state index >= 15 is 0 Å². The Morgan fingerprint density at radius 3 is 2.11 bits per heavy atom. The number of hydrogen-bond acceptors (Lipinski definition) is 2. The second kappa shape index (κ2) is 6.24. The van der Waals surface area contributed by atoms with Crippen molar-refractivity contribution in [3.8, 4) is 0 Å². The van der Waals surface area contributed by atoms with Gasteiger partial charge in [0.15, 0.2) is 0 Å². The van der Waals surface area contributed by atoms with Crippen LogP contribution in [0.15, 0.2) is 18.2 Å². The number of hydrogen-bond donors (Lipinski definition) is 1. The molecule has 102 valence electrons. The van der Waals surface area contributed by atoms with Gasteiger partial charge in [-0.3, -0.25) is 0 Å². The Balaban J connectivity index is 2.43. The number of benzene rings is 1. The Labute approximate surface area is 112 Å². The molecule has 0 saturated carbocycles. The zero-order valence-electron chi connectivity index (χ0n) is 12.8. The van der Waals surface area contributed by atoms with Crippen molar-refractivity contribution < 1.29 is 0 Å². The minimum absolute atomic E-state index is 0.221. The fourth-order valence-corrected chi connectivity index (χ4v) is 2.08. The predicted octanol–water partition coefficient (Wildman–Crippen LogP) is 3.52. The molecule has 0 aromatic heterocycles. The highest BCUT2D eigenvalue weighted by Crippen LogP contribution is 2.17. The third kappa shape index (κ3) is 5.54. The van der Waals surface area contributed by atoms with Gasteiger partial charge in [0.25, 0.3) is 0 Å². The van der Waals surface area contributed by atoms with Gasteiger partial charge in [-0.15, -0.1) is 0 Å². The highest BCUT2D eigenvalue weighted by molar-refractivity contribution is 5.50. The lowest BCUT2D eigenvalue weighted by molar-refractivity contribution is 0.423. The SMILES string of the molecule is Cc1cc(C)cc(N(C)CCCNC(C)(C)C)c1. The number of rotatable bonds is 5. The van der Waals surface area contributed by atoms with Gasteiger partial charge in [0, 0.05) is 24.8 Å². The highest BCUT2D eigenvalue weighted by atomic mass is 15.1. The van der Waals surface area contributed by atoms with Crippen LogP contribution in [-0.2, 0) is 0 Å². The lowest BCUT2D eigenvalue weighted by Crippen LogP contribution is -2.37. The van der Waals surface area contributed by atoms with E-state index in [1.807, 2.05) is 0 Å². The summed E-state index contributed by atoms with van der Waals surface area (Å²) in [6.45, 7) is 13.1. The van der Waals surface area contributed by atoms with Gasteiger partial charge in [-0.05, 0) is 70.8 Å². The summed E-state index contributed by atoms with van der Waals surface area (Å²) in [5, 5.41) is 3.52. The van der Waals surface area contributed by atoms with Crippen LogP contribution in [0.4, 0.5) is 5.69 Å². The molecule has 1 rings (SSSR count). The predicted molar refractivity (Wildman–Crippen MR) is 81.6 cm³/mol. The van der Waals surface area contributed by atoms with Gasteiger partial charge in [0.05, 0.1) is 0 Å². The first-order valence-electron chi connectivity index (χ1n) is 6.82. The molecule has 1 N–H and O–H groups in total. The van der Waals surface area contributed by atoms with E-state index < -0.39 is 0 Å². The van der Waals surface area contributed by atoms with Crippen molar-refractivity contribution in [2.45, 2.75) is 46.6 Å². The average Bonchev–Trinajstić information content (AvgIpc) is 2.21. The number of aryl methyl sites for hydroxylation is 2. The molecular weight excluding hydrogens is 220 g/mol. The third-order valence-electron chi connectivity index (χ3n) is 2.97. The van der Waals surface area contributed by atoms with E-state index in [1.165, 1.54) is 23.2 Å². The van der Waals surface area contributed by atoms with Gasteiger partial charge >= 0.3 is 0 Å². The summed E-state index contributed by atoms with van der Waals surface area (Å²) in [6.07, 6.45) is 1.17. The molecule has 2 nitrogen and oxygen atoms in total. The molecule has 0 aliphatic carbocycles. The van der Waals surface area contributed by atoms with E-state index in [9.17, 15) is 0 Å². The number of anilines is 1. The minimum Gasteiger partial charge on any atom is -0.375 e. The summed E-state index contributed by atoms with van der Waals surface area (Å²) >= 11 is 0. The molecule has 0 aliphatic rings. The Morgan fingerprint density at radius 1 is 1.06 bits per heavy atom. The van der Waals surface area contributed by atoms with E-state index in [0.717, 1.165) is 13.1 Å². The van der Waals surface area contributed by atoms with Crippen LogP contribution < -0.4 is 10.2 Å². The van der Waals surface area contributed by atoms with E-state index in [1.54, 1.807) is 0 Å². The van der Waals surface area contributed by atoms with Crippen molar-refractivity contribution in [2.75, 3.05) is 25.0 Å². The number of nitrogens with one attached hydrogen (secondary N) is 1. The topological polar surface area (TPSA) is 15.3 Å². The molecule has 0 saturated heterocycles. The van der Waals surface area contributed by atoms with Crippen LogP contribution in [0.1, 0.15) is 38.3 Å². The van der Waals surface area contributed by atoms with Crippen LogP contribution in [0.2, 0.25) is 0 Å². The van der Waals surface area contributed by atoms with Crippen LogP contribution in [0, 0.1) is 13.8 Å². The molecule has 0 fully saturated rings. The summed E-state index contributed by atoms with van der Waals surface area (Å²) in [5.74, 6) is 0. The zero-order valence-corrected chi connectivity index (χ0v) is 12.8. The maximum atomic E-state index is 3.52. The monoisotopic (exact) mass is 248 g/mol. The van der Waals surface area contributed by atoms with Crippen molar-refractivity contribution in [3.05, 3.63) is 29.3 Å². The van der Waals surface area contributed by atoms with Crippen LogP contribution in [0.5, 0.6) is 0 Å². The van der Waals surface area contributed by atoms with Gasteiger partial charge in [-0.25, -0.2) is 0 Å². The molecule has 18 heavy (non-hydrogen) atoms. The van der Waals surface area contributed by atoms with Crippen molar-refractivity contribution in [1.82, 2.24) is 5.32 Å². The first-order chi connectivity index (χ1) is 8.28. The molecule has 0 bridgehead atoms. The maximum absolute atomic E-state index is 3.52. The lowest BCUT2D eigenvalue weighted by Gasteiger charge is -2.23. The molecule has 0 aliphatic heterocycles. The molecule has 0 unspecified atom stereocenters. The Hall–Kier alpha value is -1.02. The van der Waals surface area contributed by atoms with Crippen molar-refractivity contribution in [2.24, 2.45) is 0 Å².